The molecule has 312 valence electrons. The van der Waals surface area contributed by atoms with Gasteiger partial charge in [0.25, 0.3) is 10.1 Å². The van der Waals surface area contributed by atoms with Gasteiger partial charge < -0.3 is 15.5 Å². The molecule has 0 saturated carbocycles. The Morgan fingerprint density at radius 3 is 2.13 bits per heavy atom. The number of nitrogens with zero attached hydrogens (tertiary/aromatic N) is 2. The van der Waals surface area contributed by atoms with E-state index in [4.69, 9.17) is 5.73 Å². The van der Waals surface area contributed by atoms with Crippen LogP contribution in [0.2, 0.25) is 0 Å². The number of benzene rings is 5. The van der Waals surface area contributed by atoms with E-state index in [1.54, 1.807) is 0 Å². The topological polar surface area (TPSA) is 86.9 Å². The average Bonchev–Trinajstić information content (AvgIpc) is 3.58. The molecule has 8 heteroatoms. The van der Waals surface area contributed by atoms with Crippen LogP contribution in [0, 0.1) is 0 Å². The first-order chi connectivity index (χ1) is 28.8. The van der Waals surface area contributed by atoms with Crippen molar-refractivity contribution >= 4 is 60.5 Å². The molecule has 0 radical (unpaired) electrons. The third-order valence-corrected chi connectivity index (χ3v) is 15.0. The zero-order valence-electron chi connectivity index (χ0n) is 35.7. The molecular formula is C52H59N3O3S2. The van der Waals surface area contributed by atoms with Crippen molar-refractivity contribution in [3.63, 3.8) is 0 Å². The Morgan fingerprint density at radius 1 is 0.783 bits per heavy atom. The molecule has 5 aromatic carbocycles. The van der Waals surface area contributed by atoms with Crippen LogP contribution in [0.3, 0.4) is 0 Å². The third-order valence-electron chi connectivity index (χ3n) is 13.0. The summed E-state index contributed by atoms with van der Waals surface area (Å²) in [7, 11) is -4.02. The van der Waals surface area contributed by atoms with Crippen LogP contribution in [-0.4, -0.2) is 37.9 Å². The molecule has 5 aromatic rings. The molecule has 1 atom stereocenters. The highest BCUT2D eigenvalue weighted by Gasteiger charge is 2.44. The van der Waals surface area contributed by atoms with E-state index in [1.807, 2.05) is 23.9 Å². The zero-order valence-corrected chi connectivity index (χ0v) is 37.4. The van der Waals surface area contributed by atoms with E-state index in [9.17, 15) is 13.0 Å². The van der Waals surface area contributed by atoms with Crippen molar-refractivity contribution in [3.8, 4) is 0 Å². The molecule has 3 N–H and O–H groups in total. The molecule has 0 bridgehead atoms. The maximum absolute atomic E-state index is 11.6. The summed E-state index contributed by atoms with van der Waals surface area (Å²) in [5.41, 5.74) is 15.7. The first-order valence-corrected chi connectivity index (χ1v) is 24.1. The number of rotatable bonds is 13. The van der Waals surface area contributed by atoms with Crippen molar-refractivity contribution in [2.24, 2.45) is 0 Å². The van der Waals surface area contributed by atoms with Gasteiger partial charge in [-0.15, -0.1) is 0 Å². The van der Waals surface area contributed by atoms with E-state index in [-0.39, 0.29) is 22.6 Å². The molecule has 0 saturated heterocycles. The summed E-state index contributed by atoms with van der Waals surface area (Å²) in [6.07, 6.45) is 16.0. The summed E-state index contributed by atoms with van der Waals surface area (Å²) in [6.45, 7) is 13.4. The van der Waals surface area contributed by atoms with Crippen LogP contribution in [0.15, 0.2) is 148 Å². The average molecular weight is 838 g/mol. The minimum atomic E-state index is -4.02. The fourth-order valence-corrected chi connectivity index (χ4v) is 11.7. The molecule has 6 nitrogen and oxygen atoms in total. The number of hydrogen-bond acceptors (Lipinski definition) is 6. The fraction of sp³-hybridized carbons (Fsp3) is 0.346. The van der Waals surface area contributed by atoms with Gasteiger partial charge in [0, 0.05) is 56.5 Å². The van der Waals surface area contributed by atoms with Crippen LogP contribution < -0.4 is 15.5 Å². The molecule has 60 heavy (non-hydrogen) atoms. The van der Waals surface area contributed by atoms with Crippen molar-refractivity contribution < 1.29 is 13.0 Å². The molecule has 2 aliphatic heterocycles. The van der Waals surface area contributed by atoms with E-state index in [2.05, 4.69) is 154 Å². The Kier molecular flexibility index (Phi) is 11.9. The van der Waals surface area contributed by atoms with Gasteiger partial charge in [0.05, 0.1) is 11.8 Å². The van der Waals surface area contributed by atoms with E-state index in [0.717, 1.165) is 54.9 Å². The highest BCUT2D eigenvalue weighted by atomic mass is 32.2. The summed E-state index contributed by atoms with van der Waals surface area (Å²) in [6, 6.07) is 34.9. The number of nitrogen functional groups attached to an aromatic ring is 1. The van der Waals surface area contributed by atoms with Crippen LogP contribution in [0.1, 0.15) is 90.7 Å². The van der Waals surface area contributed by atoms with Crippen LogP contribution in [0.5, 0.6) is 0 Å². The minimum absolute atomic E-state index is 0.0962. The van der Waals surface area contributed by atoms with E-state index >= 15 is 0 Å². The van der Waals surface area contributed by atoms with Crippen LogP contribution in [0.4, 0.5) is 17.1 Å². The molecular weight excluding hydrogens is 779 g/mol. The molecule has 8 rings (SSSR count). The van der Waals surface area contributed by atoms with Crippen molar-refractivity contribution in [2.45, 2.75) is 101 Å². The molecule has 0 aromatic heterocycles. The van der Waals surface area contributed by atoms with Gasteiger partial charge in [-0.2, -0.15) is 8.42 Å². The normalized spacial score (nSPS) is 20.0. The van der Waals surface area contributed by atoms with Crippen molar-refractivity contribution in [1.29, 1.82) is 0 Å². The Balaban J connectivity index is 1.21. The summed E-state index contributed by atoms with van der Waals surface area (Å²) in [5, 5.41) is 5.09. The second-order valence-electron chi connectivity index (χ2n) is 17.8. The highest BCUT2D eigenvalue weighted by Crippen LogP contribution is 2.52. The van der Waals surface area contributed by atoms with E-state index in [0.29, 0.717) is 19.4 Å². The SMILES string of the molecule is CCCCN1c2ccc3ccccc3c2C(C)(C)C1/C=C/C1=C(Sc2ccc(N)cc2)C(=C/C=C2/N(CCCCS(=O)(=O)O)c3ccc4ccccc4c3C2(C)C)/CCC1. The van der Waals surface area contributed by atoms with Gasteiger partial charge in [0.1, 0.15) is 0 Å². The number of thioether (sulfide) groups is 1. The standard InChI is InChI=1S/C52H59N3O3S2/c1-6-7-33-54-44-29-21-36-15-8-10-19-42(36)48(44)51(2,3)46(54)31-23-38-17-14-18-39(50(38)59-41-27-25-40(53)26-28-41)24-32-47-52(4,5)49-43-20-11-9-16-37(43)22-30-45(49)55(47)34-12-13-35-60(56,57)58/h8-11,15-16,19-32,46H,6-7,12-14,17-18,33-35,53H2,1-5H3,(H,56,57,58)/b31-23+,39-24+,47-32+. The Bertz CT molecular complexity index is 2650. The Hall–Kier alpha value is -4.76. The molecule has 0 amide bonds. The predicted molar refractivity (Wildman–Crippen MR) is 256 cm³/mol. The number of allylic oxidation sites excluding steroid dienone is 6. The lowest BCUT2D eigenvalue weighted by Crippen LogP contribution is -2.40. The number of hydrogen-bond donors (Lipinski definition) is 2. The lowest BCUT2D eigenvalue weighted by Gasteiger charge is -2.33. The lowest BCUT2D eigenvalue weighted by atomic mass is 9.78. The third kappa shape index (κ3) is 8.18. The second-order valence-corrected chi connectivity index (χ2v) is 20.5. The van der Waals surface area contributed by atoms with Gasteiger partial charge in [-0.25, -0.2) is 0 Å². The van der Waals surface area contributed by atoms with Gasteiger partial charge in [-0.3, -0.25) is 4.55 Å². The van der Waals surface area contributed by atoms with Crippen molar-refractivity contribution in [1.82, 2.24) is 0 Å². The van der Waals surface area contributed by atoms with Gasteiger partial charge in [-0.05, 0) is 125 Å². The summed E-state index contributed by atoms with van der Waals surface area (Å²) >= 11 is 1.83. The summed E-state index contributed by atoms with van der Waals surface area (Å²) < 4.78 is 32.8. The largest absolute Gasteiger partial charge is 0.399 e. The number of fused-ring (bicyclic) bond motifs is 6. The molecule has 0 fully saturated rings. The summed E-state index contributed by atoms with van der Waals surface area (Å²) in [5.74, 6) is -0.234. The van der Waals surface area contributed by atoms with E-state index < -0.39 is 10.1 Å². The quantitative estimate of drug-likeness (QED) is 0.0694. The minimum Gasteiger partial charge on any atom is -0.399 e. The number of anilines is 3. The molecule has 0 spiro atoms. The maximum atomic E-state index is 11.6. The van der Waals surface area contributed by atoms with Gasteiger partial charge in [-0.1, -0.05) is 132 Å². The molecule has 1 unspecified atom stereocenters. The van der Waals surface area contributed by atoms with Gasteiger partial charge >= 0.3 is 0 Å². The van der Waals surface area contributed by atoms with Crippen LogP contribution in [-0.2, 0) is 20.9 Å². The molecule has 3 aliphatic rings. The van der Waals surface area contributed by atoms with Gasteiger partial charge in [0.2, 0.25) is 0 Å². The zero-order chi connectivity index (χ0) is 42.2. The van der Waals surface area contributed by atoms with E-state index in [1.165, 1.54) is 60.1 Å². The first-order valence-electron chi connectivity index (χ1n) is 21.7. The van der Waals surface area contributed by atoms with Gasteiger partial charge in [0.15, 0.2) is 0 Å². The predicted octanol–water partition coefficient (Wildman–Crippen LogP) is 12.9. The van der Waals surface area contributed by atoms with Crippen LogP contribution in [0.25, 0.3) is 21.5 Å². The number of unbranched alkanes of at least 4 members (excludes halogenated alkanes) is 2. The fourth-order valence-electron chi connectivity index (χ4n) is 10.0. The smallest absolute Gasteiger partial charge is 0.264 e. The summed E-state index contributed by atoms with van der Waals surface area (Å²) in [4.78, 5) is 7.51. The lowest BCUT2D eigenvalue weighted by molar-refractivity contribution is 0.473. The monoisotopic (exact) mass is 837 g/mol. The molecule has 1 aliphatic carbocycles. The molecule has 2 heterocycles. The Labute approximate surface area is 361 Å². The van der Waals surface area contributed by atoms with Crippen molar-refractivity contribution in [3.05, 3.63) is 154 Å². The number of nitrogens with two attached hydrogens (primary N) is 1. The second kappa shape index (κ2) is 16.9. The van der Waals surface area contributed by atoms with Crippen LogP contribution >= 0.6 is 11.8 Å². The van der Waals surface area contributed by atoms with Crippen molar-refractivity contribution in [2.75, 3.05) is 34.4 Å². The Morgan fingerprint density at radius 2 is 1.45 bits per heavy atom. The first kappa shape index (κ1) is 42.0. The highest BCUT2D eigenvalue weighted by molar-refractivity contribution is 8.03. The maximum Gasteiger partial charge on any atom is 0.264 e.